The molecule has 0 aromatic rings. The number of rotatable bonds is 3. The van der Waals surface area contributed by atoms with Crippen LogP contribution in [0.4, 0.5) is 4.79 Å². The minimum absolute atomic E-state index is 0. The van der Waals surface area contributed by atoms with E-state index in [2.05, 4.69) is 11.3 Å². The van der Waals surface area contributed by atoms with Gasteiger partial charge in [-0.1, -0.05) is 6.58 Å². The number of hydrogen-bond acceptors (Lipinski definition) is 3. The SMILES string of the molecule is C=CC(=O)OCNC(=O)O.[CH3-].[Y]. The monoisotopic (exact) mass is 249 g/mol. The molecular weight excluding hydrogens is 239 g/mol. The van der Waals surface area contributed by atoms with Crippen LogP contribution >= 0.6 is 0 Å². The molecule has 0 rings (SSSR count). The average molecular weight is 249 g/mol. The molecule has 0 atom stereocenters. The van der Waals surface area contributed by atoms with Crippen LogP contribution in [0.15, 0.2) is 12.7 Å². The van der Waals surface area contributed by atoms with Gasteiger partial charge in [0, 0.05) is 38.8 Å². The molecule has 0 aromatic carbocycles. The number of nitrogens with one attached hydrogen (secondary N) is 1. The summed E-state index contributed by atoms with van der Waals surface area (Å²) in [6.45, 7) is 2.76. The molecule has 5 nitrogen and oxygen atoms in total. The second-order valence-corrected chi connectivity index (χ2v) is 1.29. The number of carbonyl (C=O) groups is 2. The van der Waals surface area contributed by atoms with Crippen LogP contribution in [-0.4, -0.2) is 23.9 Å². The summed E-state index contributed by atoms with van der Waals surface area (Å²) in [5.74, 6) is -0.659. The summed E-state index contributed by atoms with van der Waals surface area (Å²) in [5.41, 5.74) is 0. The van der Waals surface area contributed by atoms with Crippen molar-refractivity contribution in [1.29, 1.82) is 0 Å². The zero-order valence-corrected chi connectivity index (χ0v) is 9.58. The second-order valence-electron chi connectivity index (χ2n) is 1.29. The molecule has 0 saturated carbocycles. The number of ether oxygens (including phenoxy) is 1. The largest absolute Gasteiger partial charge is 0.465 e. The normalized spacial score (nSPS) is 6.67. The molecule has 0 aliphatic heterocycles. The maximum absolute atomic E-state index is 10.2. The van der Waals surface area contributed by atoms with Crippen LogP contribution in [0, 0.1) is 7.43 Å². The Bertz CT molecular complexity index is 160. The summed E-state index contributed by atoms with van der Waals surface area (Å²) in [6, 6.07) is 0. The van der Waals surface area contributed by atoms with Crippen molar-refractivity contribution in [2.75, 3.05) is 6.73 Å². The van der Waals surface area contributed by atoms with Gasteiger partial charge < -0.3 is 17.3 Å². The Morgan fingerprint density at radius 2 is 2.08 bits per heavy atom. The Labute approximate surface area is 96.0 Å². The molecule has 0 bridgehead atoms. The Morgan fingerprint density at radius 1 is 1.58 bits per heavy atom. The minimum Gasteiger partial charge on any atom is -0.465 e. The van der Waals surface area contributed by atoms with Gasteiger partial charge in [0.15, 0.2) is 6.73 Å². The number of carboxylic acid groups (broad SMARTS) is 1. The maximum atomic E-state index is 10.2. The minimum atomic E-state index is -1.24. The molecule has 1 radical (unpaired) electrons. The third kappa shape index (κ3) is 12.3. The fraction of sp³-hybridized carbons (Fsp3) is 0.167. The van der Waals surface area contributed by atoms with Gasteiger partial charge in [-0.25, -0.2) is 9.59 Å². The van der Waals surface area contributed by atoms with E-state index in [-0.39, 0.29) is 46.9 Å². The van der Waals surface area contributed by atoms with Gasteiger partial charge in [0.2, 0.25) is 0 Å². The van der Waals surface area contributed by atoms with Crippen LogP contribution in [0.25, 0.3) is 0 Å². The van der Waals surface area contributed by atoms with Crippen molar-refractivity contribution in [3.05, 3.63) is 20.1 Å². The Morgan fingerprint density at radius 3 is 2.42 bits per heavy atom. The molecule has 1 amide bonds. The third-order valence-electron chi connectivity index (χ3n) is 0.604. The second kappa shape index (κ2) is 10.6. The van der Waals surface area contributed by atoms with Gasteiger partial charge in [0.1, 0.15) is 0 Å². The van der Waals surface area contributed by atoms with E-state index in [9.17, 15) is 9.59 Å². The first kappa shape index (κ1) is 17.6. The van der Waals surface area contributed by atoms with Gasteiger partial charge in [-0.05, 0) is 0 Å². The summed E-state index contributed by atoms with van der Waals surface area (Å²) in [6.07, 6.45) is -0.291. The van der Waals surface area contributed by atoms with Crippen LogP contribution < -0.4 is 5.32 Å². The molecule has 0 fully saturated rings. The Kier molecular flexibility index (Phi) is 15.5. The summed E-state index contributed by atoms with van der Waals surface area (Å²) in [4.78, 5) is 20.0. The zero-order valence-electron chi connectivity index (χ0n) is 6.74. The fourth-order valence-corrected chi connectivity index (χ4v) is 0.228. The van der Waals surface area contributed by atoms with Crippen molar-refractivity contribution in [3.8, 4) is 0 Å². The predicted octanol–water partition coefficient (Wildman–Crippen LogP) is 0.388. The number of amides is 1. The van der Waals surface area contributed by atoms with Gasteiger partial charge >= 0.3 is 12.1 Å². The van der Waals surface area contributed by atoms with E-state index < -0.39 is 12.1 Å². The van der Waals surface area contributed by atoms with E-state index in [0.29, 0.717) is 0 Å². The van der Waals surface area contributed by atoms with E-state index in [0.717, 1.165) is 6.08 Å². The maximum Gasteiger partial charge on any atom is 0.407 e. The number of esters is 1. The average Bonchev–Trinajstić information content (AvgIpc) is 1.87. The summed E-state index contributed by atoms with van der Waals surface area (Å²) >= 11 is 0. The first-order chi connectivity index (χ1) is 4.66. The third-order valence-corrected chi connectivity index (χ3v) is 0.604. The molecule has 2 N–H and O–H groups in total. The van der Waals surface area contributed by atoms with Crippen LogP contribution in [0.1, 0.15) is 0 Å². The summed E-state index contributed by atoms with van der Waals surface area (Å²) in [5, 5.41) is 9.81. The first-order valence-corrected chi connectivity index (χ1v) is 2.43. The van der Waals surface area contributed by atoms with Crippen molar-refractivity contribution in [3.63, 3.8) is 0 Å². The molecule has 0 spiro atoms. The smallest absolute Gasteiger partial charge is 0.407 e. The Balaban J connectivity index is -0.000000405. The van der Waals surface area contributed by atoms with E-state index >= 15 is 0 Å². The van der Waals surface area contributed by atoms with Crippen molar-refractivity contribution < 1.29 is 52.1 Å². The van der Waals surface area contributed by atoms with Crippen LogP contribution in [0.3, 0.4) is 0 Å². The predicted molar refractivity (Wildman–Crippen MR) is 38.7 cm³/mol. The molecule has 6 heteroatoms. The van der Waals surface area contributed by atoms with E-state index in [1.807, 2.05) is 5.32 Å². The first-order valence-electron chi connectivity index (χ1n) is 2.43. The standard InChI is InChI=1S/C5H7NO4.CH3.Y/c1-2-4(7)10-3-6-5(8)9;;/h2,6H,1,3H2,(H,8,9);1H3;/q;-1;. The zero-order chi connectivity index (χ0) is 7.98. The van der Waals surface area contributed by atoms with Crippen LogP contribution in [-0.2, 0) is 42.2 Å². The topological polar surface area (TPSA) is 75.6 Å². The number of carbonyl (C=O) groups excluding carboxylic acids is 1. The van der Waals surface area contributed by atoms with Gasteiger partial charge in [0.25, 0.3) is 0 Å². The molecule has 0 heterocycles. The van der Waals surface area contributed by atoms with E-state index in [1.165, 1.54) is 0 Å². The summed E-state index contributed by atoms with van der Waals surface area (Å²) < 4.78 is 4.25. The van der Waals surface area contributed by atoms with Crippen LogP contribution in [0.2, 0.25) is 0 Å². The quantitative estimate of drug-likeness (QED) is 0.328. The number of hydrogen-bond donors (Lipinski definition) is 2. The summed E-state index contributed by atoms with van der Waals surface area (Å²) in [7, 11) is 0. The van der Waals surface area contributed by atoms with Crippen molar-refractivity contribution in [2.45, 2.75) is 0 Å². The van der Waals surface area contributed by atoms with Gasteiger partial charge in [-0.15, -0.1) is 0 Å². The molecule has 12 heavy (non-hydrogen) atoms. The van der Waals surface area contributed by atoms with Gasteiger partial charge in [0.05, 0.1) is 0 Å². The van der Waals surface area contributed by atoms with Gasteiger partial charge in [-0.2, -0.15) is 0 Å². The molecule has 0 aromatic heterocycles. The Hall–Kier alpha value is -0.416. The van der Waals surface area contributed by atoms with E-state index in [1.54, 1.807) is 0 Å². The molecule has 0 saturated heterocycles. The van der Waals surface area contributed by atoms with Crippen molar-refractivity contribution in [2.24, 2.45) is 0 Å². The molecule has 0 unspecified atom stereocenters. The van der Waals surface area contributed by atoms with Gasteiger partial charge in [-0.3, -0.25) is 5.32 Å². The van der Waals surface area contributed by atoms with E-state index in [4.69, 9.17) is 5.11 Å². The van der Waals surface area contributed by atoms with Crippen LogP contribution in [0.5, 0.6) is 0 Å². The molecule has 0 aliphatic rings. The molecule has 0 aliphatic carbocycles. The molecule has 67 valence electrons. The molecular formula is C6H10NO4Y-. The van der Waals surface area contributed by atoms with Crippen molar-refractivity contribution in [1.82, 2.24) is 5.32 Å². The van der Waals surface area contributed by atoms with Crippen molar-refractivity contribution >= 4 is 12.1 Å². The fourth-order valence-electron chi connectivity index (χ4n) is 0.228.